The molecule has 164 valence electrons. The maximum atomic E-state index is 13.8. The van der Waals surface area contributed by atoms with Crippen molar-refractivity contribution in [1.29, 1.82) is 0 Å². The highest BCUT2D eigenvalue weighted by molar-refractivity contribution is 7.18. The van der Waals surface area contributed by atoms with E-state index in [9.17, 15) is 22.8 Å². The average Bonchev–Trinajstić information content (AvgIpc) is 3.10. The summed E-state index contributed by atoms with van der Waals surface area (Å²) in [4.78, 5) is 31.4. The van der Waals surface area contributed by atoms with Crippen LogP contribution in [0.5, 0.6) is 0 Å². The maximum absolute atomic E-state index is 13.8. The number of thiophene rings is 1. The van der Waals surface area contributed by atoms with E-state index in [-0.39, 0.29) is 29.1 Å². The van der Waals surface area contributed by atoms with E-state index < -0.39 is 23.7 Å². The highest BCUT2D eigenvalue weighted by atomic mass is 35.5. The Balaban J connectivity index is 1.85. The molecule has 31 heavy (non-hydrogen) atoms. The molecule has 1 aliphatic rings. The number of amides is 1. The second-order valence-corrected chi connectivity index (χ2v) is 8.54. The molecule has 0 atom stereocenters. The number of benzene rings is 1. The van der Waals surface area contributed by atoms with Gasteiger partial charge in [-0.2, -0.15) is 13.2 Å². The first-order chi connectivity index (χ1) is 14.7. The van der Waals surface area contributed by atoms with Crippen molar-refractivity contribution in [2.24, 2.45) is 0 Å². The van der Waals surface area contributed by atoms with Gasteiger partial charge in [-0.15, -0.1) is 11.3 Å². The van der Waals surface area contributed by atoms with Crippen molar-refractivity contribution in [2.45, 2.75) is 32.5 Å². The molecule has 1 aromatic carbocycles. The molecule has 3 aromatic rings. The minimum Gasteiger partial charge on any atom is -0.449 e. The number of carbonyl (C=O) groups is 1. The summed E-state index contributed by atoms with van der Waals surface area (Å²) in [6, 6.07) is 5.51. The fourth-order valence-electron chi connectivity index (χ4n) is 3.50. The molecule has 6 nitrogen and oxygen atoms in total. The smallest absolute Gasteiger partial charge is 0.449 e. The Morgan fingerprint density at radius 3 is 2.65 bits per heavy atom. The molecule has 2 aromatic heterocycles. The number of nitrogens with zero attached hydrogens (tertiary/aromatic N) is 3. The minimum absolute atomic E-state index is 0.0105. The standard InChI is InChI=1S/C20H17ClF3N3O3S/c1-2-9-30-19(29)26-8-7-13-14(10-26)31-16-15(13)17(28)27(18(25-16)20(22,23)24)12-5-3-11(21)4-6-12/h3-6H,2,7-10H2,1H3. The van der Waals surface area contributed by atoms with Crippen LogP contribution in [0.2, 0.25) is 5.02 Å². The number of fused-ring (bicyclic) bond motifs is 3. The first-order valence-electron chi connectivity index (χ1n) is 9.52. The Morgan fingerprint density at radius 2 is 2.00 bits per heavy atom. The molecule has 3 heterocycles. The molecule has 11 heteroatoms. The van der Waals surface area contributed by atoms with Crippen LogP contribution in [0.1, 0.15) is 29.6 Å². The largest absolute Gasteiger partial charge is 0.450 e. The molecular weight excluding hydrogens is 455 g/mol. The van der Waals surface area contributed by atoms with Crippen molar-refractivity contribution < 1.29 is 22.7 Å². The lowest BCUT2D eigenvalue weighted by molar-refractivity contribution is -0.146. The highest BCUT2D eigenvalue weighted by Gasteiger charge is 2.39. The van der Waals surface area contributed by atoms with Gasteiger partial charge in [0.2, 0.25) is 5.82 Å². The van der Waals surface area contributed by atoms with Crippen LogP contribution < -0.4 is 5.56 Å². The van der Waals surface area contributed by atoms with Crippen LogP contribution in [0.25, 0.3) is 15.9 Å². The molecule has 1 aliphatic heterocycles. The molecule has 4 rings (SSSR count). The topological polar surface area (TPSA) is 64.4 Å². The second kappa shape index (κ2) is 8.16. The van der Waals surface area contributed by atoms with Crippen molar-refractivity contribution in [3.05, 3.63) is 55.9 Å². The third kappa shape index (κ3) is 4.01. The van der Waals surface area contributed by atoms with E-state index in [0.29, 0.717) is 39.4 Å². The van der Waals surface area contributed by atoms with Crippen LogP contribution >= 0.6 is 22.9 Å². The van der Waals surface area contributed by atoms with Crippen LogP contribution in [-0.4, -0.2) is 33.7 Å². The lowest BCUT2D eigenvalue weighted by Gasteiger charge is -2.26. The Bertz CT molecular complexity index is 1200. The SMILES string of the molecule is CCCOC(=O)N1CCc2c(sc3nc(C(F)(F)F)n(-c4ccc(Cl)cc4)c(=O)c23)C1. The molecule has 0 N–H and O–H groups in total. The summed E-state index contributed by atoms with van der Waals surface area (Å²) in [6.45, 7) is 2.64. The molecule has 0 unspecified atom stereocenters. The summed E-state index contributed by atoms with van der Waals surface area (Å²) in [7, 11) is 0. The van der Waals surface area contributed by atoms with Crippen molar-refractivity contribution in [2.75, 3.05) is 13.2 Å². The number of halogens is 4. The molecule has 0 saturated heterocycles. The number of ether oxygens (including phenoxy) is 1. The van der Waals surface area contributed by atoms with Gasteiger partial charge in [0.25, 0.3) is 5.56 Å². The predicted octanol–water partition coefficient (Wildman–Crippen LogP) is 5.02. The lowest BCUT2D eigenvalue weighted by atomic mass is 10.1. The van der Waals surface area contributed by atoms with Crippen LogP contribution in [0.15, 0.2) is 29.1 Å². The normalized spacial score (nSPS) is 14.0. The monoisotopic (exact) mass is 471 g/mol. The van der Waals surface area contributed by atoms with Crippen LogP contribution in [0, 0.1) is 0 Å². The summed E-state index contributed by atoms with van der Waals surface area (Å²) >= 11 is 6.85. The summed E-state index contributed by atoms with van der Waals surface area (Å²) < 4.78 is 47.1. The number of hydrogen-bond acceptors (Lipinski definition) is 5. The van der Waals surface area contributed by atoms with E-state index in [2.05, 4.69) is 4.98 Å². The third-order valence-electron chi connectivity index (χ3n) is 4.90. The summed E-state index contributed by atoms with van der Waals surface area (Å²) in [6.07, 6.45) is -4.30. The molecular formula is C20H17ClF3N3O3S. The summed E-state index contributed by atoms with van der Waals surface area (Å²) in [5, 5.41) is 0.492. The van der Waals surface area contributed by atoms with E-state index in [0.717, 1.165) is 11.3 Å². The predicted molar refractivity (Wildman–Crippen MR) is 111 cm³/mol. The molecule has 0 spiro atoms. The lowest BCUT2D eigenvalue weighted by Crippen LogP contribution is -2.36. The number of aromatic nitrogens is 2. The van der Waals surface area contributed by atoms with E-state index in [1.807, 2.05) is 6.92 Å². The molecule has 0 bridgehead atoms. The molecule has 0 radical (unpaired) electrons. The van der Waals surface area contributed by atoms with Gasteiger partial charge in [0.15, 0.2) is 0 Å². The van der Waals surface area contributed by atoms with Gasteiger partial charge in [0, 0.05) is 16.4 Å². The van der Waals surface area contributed by atoms with Crippen LogP contribution in [0.4, 0.5) is 18.0 Å². The van der Waals surface area contributed by atoms with Crippen molar-refractivity contribution in [1.82, 2.24) is 14.5 Å². The van der Waals surface area contributed by atoms with E-state index in [1.165, 1.54) is 29.2 Å². The fourth-order valence-corrected chi connectivity index (χ4v) is 4.85. The van der Waals surface area contributed by atoms with Gasteiger partial charge < -0.3 is 9.64 Å². The molecule has 0 fully saturated rings. The number of rotatable bonds is 3. The first kappa shape index (κ1) is 21.6. The molecule has 1 amide bonds. The number of alkyl halides is 3. The zero-order valence-electron chi connectivity index (χ0n) is 16.3. The average molecular weight is 472 g/mol. The van der Waals surface area contributed by atoms with Crippen molar-refractivity contribution in [3.63, 3.8) is 0 Å². The maximum Gasteiger partial charge on any atom is 0.450 e. The minimum atomic E-state index is -4.84. The van der Waals surface area contributed by atoms with Gasteiger partial charge in [-0.25, -0.2) is 9.78 Å². The van der Waals surface area contributed by atoms with Gasteiger partial charge >= 0.3 is 12.3 Å². The van der Waals surface area contributed by atoms with Crippen molar-refractivity contribution >= 4 is 39.2 Å². The summed E-state index contributed by atoms with van der Waals surface area (Å²) in [5.74, 6) is -1.30. The fraction of sp³-hybridized carbons (Fsp3) is 0.350. The Hall–Kier alpha value is -2.59. The second-order valence-electron chi connectivity index (χ2n) is 7.02. The quantitative estimate of drug-likeness (QED) is 0.538. The van der Waals surface area contributed by atoms with Gasteiger partial charge in [0.05, 0.1) is 24.2 Å². The van der Waals surface area contributed by atoms with Gasteiger partial charge in [-0.05, 0) is 42.7 Å². The Kier molecular flexibility index (Phi) is 5.69. The highest BCUT2D eigenvalue weighted by Crippen LogP contribution is 2.36. The van der Waals surface area contributed by atoms with Crippen LogP contribution in [0.3, 0.4) is 0 Å². The number of hydrogen-bond donors (Lipinski definition) is 0. The molecule has 0 aliphatic carbocycles. The zero-order chi connectivity index (χ0) is 22.3. The van der Waals surface area contributed by atoms with Gasteiger partial charge in [-0.1, -0.05) is 18.5 Å². The first-order valence-corrected chi connectivity index (χ1v) is 10.7. The van der Waals surface area contributed by atoms with E-state index in [1.54, 1.807) is 0 Å². The number of carbonyl (C=O) groups excluding carboxylic acids is 1. The van der Waals surface area contributed by atoms with Crippen LogP contribution in [-0.2, 0) is 23.9 Å². The van der Waals surface area contributed by atoms with E-state index in [4.69, 9.17) is 16.3 Å². The summed E-state index contributed by atoms with van der Waals surface area (Å²) in [5.41, 5.74) is -0.135. The van der Waals surface area contributed by atoms with Crippen molar-refractivity contribution in [3.8, 4) is 5.69 Å². The Labute approximate surface area is 183 Å². The zero-order valence-corrected chi connectivity index (χ0v) is 17.9. The van der Waals surface area contributed by atoms with Gasteiger partial charge in [-0.3, -0.25) is 9.36 Å². The third-order valence-corrected chi connectivity index (χ3v) is 6.26. The Morgan fingerprint density at radius 1 is 1.29 bits per heavy atom. The molecule has 0 saturated carbocycles. The van der Waals surface area contributed by atoms with E-state index >= 15 is 0 Å². The van der Waals surface area contributed by atoms with Gasteiger partial charge in [0.1, 0.15) is 4.83 Å².